The SMILES string of the molecule is CC(C)CC(CCN)NC(=O)OC(C)(C)C. The minimum Gasteiger partial charge on any atom is -0.444 e. The van der Waals surface area contributed by atoms with Crippen molar-refractivity contribution in [1.82, 2.24) is 5.32 Å². The van der Waals surface area contributed by atoms with E-state index in [2.05, 4.69) is 19.2 Å². The number of rotatable bonds is 5. The standard InChI is InChI=1S/C12H26N2O2/c1-9(2)8-10(6-7-13)14-11(15)16-12(3,4)5/h9-10H,6-8,13H2,1-5H3,(H,14,15). The van der Waals surface area contributed by atoms with Gasteiger partial charge in [-0.25, -0.2) is 4.79 Å². The molecule has 0 aromatic rings. The summed E-state index contributed by atoms with van der Waals surface area (Å²) in [6.07, 6.45) is 1.36. The molecule has 0 aliphatic carbocycles. The van der Waals surface area contributed by atoms with Crippen LogP contribution in [0.4, 0.5) is 4.79 Å². The molecule has 0 aliphatic heterocycles. The summed E-state index contributed by atoms with van der Waals surface area (Å²) >= 11 is 0. The molecule has 0 heterocycles. The number of alkyl carbamates (subject to hydrolysis) is 1. The summed E-state index contributed by atoms with van der Waals surface area (Å²) in [5.41, 5.74) is 5.07. The van der Waals surface area contributed by atoms with Crippen LogP contribution in [0.5, 0.6) is 0 Å². The van der Waals surface area contributed by atoms with Crippen LogP contribution < -0.4 is 11.1 Å². The highest BCUT2D eigenvalue weighted by Crippen LogP contribution is 2.10. The van der Waals surface area contributed by atoms with Crippen LogP contribution in [0.1, 0.15) is 47.5 Å². The fourth-order valence-corrected chi connectivity index (χ4v) is 1.49. The van der Waals surface area contributed by atoms with Crippen molar-refractivity contribution in [3.63, 3.8) is 0 Å². The second-order valence-corrected chi connectivity index (χ2v) is 5.55. The first-order valence-corrected chi connectivity index (χ1v) is 5.94. The van der Waals surface area contributed by atoms with E-state index in [1.54, 1.807) is 0 Å². The maximum absolute atomic E-state index is 11.6. The fourth-order valence-electron chi connectivity index (χ4n) is 1.49. The minimum atomic E-state index is -0.449. The van der Waals surface area contributed by atoms with Crippen LogP contribution in [0.25, 0.3) is 0 Å². The molecule has 0 fully saturated rings. The topological polar surface area (TPSA) is 64.3 Å². The summed E-state index contributed by atoms with van der Waals surface area (Å²) in [6.45, 7) is 10.4. The van der Waals surface area contributed by atoms with E-state index in [1.165, 1.54) is 0 Å². The number of ether oxygens (including phenoxy) is 1. The van der Waals surface area contributed by atoms with Crippen molar-refractivity contribution in [3.8, 4) is 0 Å². The van der Waals surface area contributed by atoms with Crippen molar-refractivity contribution in [2.75, 3.05) is 6.54 Å². The number of carbonyl (C=O) groups is 1. The van der Waals surface area contributed by atoms with Gasteiger partial charge in [0.2, 0.25) is 0 Å². The van der Waals surface area contributed by atoms with E-state index in [-0.39, 0.29) is 12.1 Å². The van der Waals surface area contributed by atoms with Crippen molar-refractivity contribution in [1.29, 1.82) is 0 Å². The Bertz CT molecular complexity index is 210. The number of nitrogens with two attached hydrogens (primary N) is 1. The van der Waals surface area contributed by atoms with Gasteiger partial charge in [0, 0.05) is 6.04 Å². The Labute approximate surface area is 98.9 Å². The van der Waals surface area contributed by atoms with Crippen LogP contribution in [0.2, 0.25) is 0 Å². The molecule has 1 unspecified atom stereocenters. The summed E-state index contributed by atoms with van der Waals surface area (Å²) in [7, 11) is 0. The molecule has 0 aliphatic rings. The molecule has 0 aromatic heterocycles. The van der Waals surface area contributed by atoms with Gasteiger partial charge in [0.1, 0.15) is 5.60 Å². The monoisotopic (exact) mass is 230 g/mol. The lowest BCUT2D eigenvalue weighted by molar-refractivity contribution is 0.0497. The zero-order valence-corrected chi connectivity index (χ0v) is 11.2. The van der Waals surface area contributed by atoms with E-state index >= 15 is 0 Å². The van der Waals surface area contributed by atoms with Gasteiger partial charge in [-0.15, -0.1) is 0 Å². The third kappa shape index (κ3) is 8.53. The predicted molar refractivity (Wildman–Crippen MR) is 66.3 cm³/mol. The first kappa shape index (κ1) is 15.2. The molecule has 0 rings (SSSR count). The van der Waals surface area contributed by atoms with Gasteiger partial charge in [0.15, 0.2) is 0 Å². The molecule has 0 saturated carbocycles. The maximum Gasteiger partial charge on any atom is 0.407 e. The fraction of sp³-hybridized carbons (Fsp3) is 0.917. The van der Waals surface area contributed by atoms with Gasteiger partial charge in [0.05, 0.1) is 0 Å². The molecular weight excluding hydrogens is 204 g/mol. The van der Waals surface area contributed by atoms with Gasteiger partial charge < -0.3 is 15.8 Å². The Balaban J connectivity index is 4.12. The zero-order valence-electron chi connectivity index (χ0n) is 11.2. The van der Waals surface area contributed by atoms with Gasteiger partial charge in [-0.05, 0) is 46.1 Å². The molecule has 0 radical (unpaired) electrons. The van der Waals surface area contributed by atoms with Crippen LogP contribution in [0.15, 0.2) is 0 Å². The molecule has 16 heavy (non-hydrogen) atoms. The van der Waals surface area contributed by atoms with Crippen molar-refractivity contribution in [2.45, 2.75) is 59.1 Å². The van der Waals surface area contributed by atoms with E-state index < -0.39 is 5.60 Å². The van der Waals surface area contributed by atoms with Crippen LogP contribution in [-0.2, 0) is 4.74 Å². The first-order valence-electron chi connectivity index (χ1n) is 5.94. The van der Waals surface area contributed by atoms with Crippen LogP contribution in [0, 0.1) is 5.92 Å². The molecule has 0 aromatic carbocycles. The summed E-state index contributed by atoms with van der Waals surface area (Å²) in [5.74, 6) is 0.534. The molecule has 3 N–H and O–H groups in total. The third-order valence-electron chi connectivity index (χ3n) is 1.99. The van der Waals surface area contributed by atoms with Gasteiger partial charge in [-0.1, -0.05) is 13.8 Å². The minimum absolute atomic E-state index is 0.111. The molecule has 4 nitrogen and oxygen atoms in total. The quantitative estimate of drug-likeness (QED) is 0.761. The second kappa shape index (κ2) is 6.74. The lowest BCUT2D eigenvalue weighted by atomic mass is 10.0. The average molecular weight is 230 g/mol. The predicted octanol–water partition coefficient (Wildman–Crippen LogP) is 2.27. The van der Waals surface area contributed by atoms with Gasteiger partial charge in [-0.2, -0.15) is 0 Å². The van der Waals surface area contributed by atoms with E-state index in [0.717, 1.165) is 12.8 Å². The molecular formula is C12H26N2O2. The largest absolute Gasteiger partial charge is 0.444 e. The Morgan fingerprint density at radius 2 is 1.94 bits per heavy atom. The normalized spacial score (nSPS) is 13.7. The highest BCUT2D eigenvalue weighted by atomic mass is 16.6. The number of hydrogen-bond acceptors (Lipinski definition) is 3. The Hall–Kier alpha value is -0.770. The molecule has 96 valence electrons. The number of hydrogen-bond donors (Lipinski definition) is 2. The van der Waals surface area contributed by atoms with E-state index in [1.807, 2.05) is 20.8 Å². The molecule has 0 spiro atoms. The molecule has 1 atom stereocenters. The van der Waals surface area contributed by atoms with Crippen LogP contribution >= 0.6 is 0 Å². The van der Waals surface area contributed by atoms with Gasteiger partial charge in [-0.3, -0.25) is 0 Å². The van der Waals surface area contributed by atoms with Gasteiger partial charge in [0.25, 0.3) is 0 Å². The van der Waals surface area contributed by atoms with Crippen LogP contribution in [-0.4, -0.2) is 24.3 Å². The Kier molecular flexibility index (Phi) is 6.41. The summed E-state index contributed by atoms with van der Waals surface area (Å²) in [4.78, 5) is 11.6. The van der Waals surface area contributed by atoms with E-state index in [4.69, 9.17) is 10.5 Å². The Morgan fingerprint density at radius 1 is 1.38 bits per heavy atom. The molecule has 0 bridgehead atoms. The first-order chi connectivity index (χ1) is 7.24. The van der Waals surface area contributed by atoms with Crippen molar-refractivity contribution in [3.05, 3.63) is 0 Å². The van der Waals surface area contributed by atoms with E-state index in [0.29, 0.717) is 12.5 Å². The average Bonchev–Trinajstić information content (AvgIpc) is 1.98. The second-order valence-electron chi connectivity index (χ2n) is 5.55. The highest BCUT2D eigenvalue weighted by molar-refractivity contribution is 5.68. The third-order valence-corrected chi connectivity index (χ3v) is 1.99. The summed E-state index contributed by atoms with van der Waals surface area (Å²) in [5, 5.41) is 2.86. The highest BCUT2D eigenvalue weighted by Gasteiger charge is 2.19. The maximum atomic E-state index is 11.6. The number of nitrogens with one attached hydrogen (secondary N) is 1. The number of amides is 1. The number of carbonyl (C=O) groups excluding carboxylic acids is 1. The molecule has 1 amide bonds. The van der Waals surface area contributed by atoms with Gasteiger partial charge >= 0.3 is 6.09 Å². The lowest BCUT2D eigenvalue weighted by Crippen LogP contribution is -2.40. The Morgan fingerprint density at radius 3 is 2.31 bits per heavy atom. The smallest absolute Gasteiger partial charge is 0.407 e. The van der Waals surface area contributed by atoms with Crippen molar-refractivity contribution >= 4 is 6.09 Å². The van der Waals surface area contributed by atoms with Crippen LogP contribution in [0.3, 0.4) is 0 Å². The molecule has 4 heteroatoms. The van der Waals surface area contributed by atoms with E-state index in [9.17, 15) is 4.79 Å². The van der Waals surface area contributed by atoms with Crippen molar-refractivity contribution < 1.29 is 9.53 Å². The summed E-state index contributed by atoms with van der Waals surface area (Å²) in [6, 6.07) is 0.111. The lowest BCUT2D eigenvalue weighted by Gasteiger charge is -2.24. The molecule has 0 saturated heterocycles. The summed E-state index contributed by atoms with van der Waals surface area (Å²) < 4.78 is 5.21. The zero-order chi connectivity index (χ0) is 12.8. The van der Waals surface area contributed by atoms with Crippen molar-refractivity contribution in [2.24, 2.45) is 11.7 Å².